The van der Waals surface area contributed by atoms with Crippen LogP contribution in [0.15, 0.2) is 29.1 Å². The quantitative estimate of drug-likeness (QED) is 0.740. The number of nitrogens with zero attached hydrogens (tertiary/aromatic N) is 4. The molecule has 4 heterocycles. The van der Waals surface area contributed by atoms with Crippen LogP contribution in [0.25, 0.3) is 0 Å². The minimum Gasteiger partial charge on any atom is -0.354 e. The summed E-state index contributed by atoms with van der Waals surface area (Å²) in [6, 6.07) is 3.60. The third-order valence-electron chi connectivity index (χ3n) is 5.56. The molecule has 0 saturated carbocycles. The van der Waals surface area contributed by atoms with E-state index < -0.39 is 0 Å². The number of piperidine rings is 1. The van der Waals surface area contributed by atoms with Crippen molar-refractivity contribution in [2.75, 3.05) is 44.2 Å². The summed E-state index contributed by atoms with van der Waals surface area (Å²) in [4.78, 5) is 35.7. The number of hydrogen-bond donors (Lipinski definition) is 0. The van der Waals surface area contributed by atoms with Crippen molar-refractivity contribution in [2.45, 2.75) is 25.7 Å². The molecule has 29 heavy (non-hydrogen) atoms. The molecule has 0 aliphatic carbocycles. The largest absolute Gasteiger partial charge is 0.354 e. The number of rotatable bonds is 3. The van der Waals surface area contributed by atoms with E-state index in [4.69, 9.17) is 11.6 Å². The van der Waals surface area contributed by atoms with Crippen LogP contribution in [0.5, 0.6) is 0 Å². The average molecular weight is 433 g/mol. The number of thiophene rings is 1. The first-order valence-corrected chi connectivity index (χ1v) is 11.5. The molecule has 0 radical (unpaired) electrons. The molecule has 2 aliphatic rings. The molecule has 2 aromatic rings. The van der Waals surface area contributed by atoms with Gasteiger partial charge in [-0.15, -0.1) is 0 Å². The van der Waals surface area contributed by atoms with E-state index in [9.17, 15) is 9.59 Å². The molecule has 2 amide bonds. The molecule has 0 aromatic carbocycles. The van der Waals surface area contributed by atoms with Crippen molar-refractivity contribution in [3.63, 3.8) is 0 Å². The third-order valence-corrected chi connectivity index (χ3v) is 6.52. The first-order valence-electron chi connectivity index (χ1n) is 10.1. The molecule has 6 nitrogen and oxygen atoms in total. The first-order chi connectivity index (χ1) is 14.1. The van der Waals surface area contributed by atoms with Gasteiger partial charge in [0, 0.05) is 50.8 Å². The molecule has 4 rings (SSSR count). The van der Waals surface area contributed by atoms with Crippen molar-refractivity contribution < 1.29 is 9.59 Å². The molecule has 0 atom stereocenters. The number of likely N-dealkylation sites (tertiary alicyclic amines) is 1. The van der Waals surface area contributed by atoms with Gasteiger partial charge in [-0.2, -0.15) is 11.3 Å². The van der Waals surface area contributed by atoms with Crippen LogP contribution in [-0.4, -0.2) is 65.9 Å². The van der Waals surface area contributed by atoms with Gasteiger partial charge in [0.2, 0.25) is 0 Å². The zero-order valence-corrected chi connectivity index (χ0v) is 17.9. The smallest absolute Gasteiger partial charge is 0.255 e. The van der Waals surface area contributed by atoms with Crippen LogP contribution in [-0.2, 0) is 0 Å². The number of pyridine rings is 1. The predicted molar refractivity (Wildman–Crippen MR) is 116 cm³/mol. The van der Waals surface area contributed by atoms with Gasteiger partial charge in [0.1, 0.15) is 5.82 Å². The van der Waals surface area contributed by atoms with Crippen molar-refractivity contribution in [1.29, 1.82) is 0 Å². The molecule has 0 unspecified atom stereocenters. The van der Waals surface area contributed by atoms with E-state index in [2.05, 4.69) is 9.88 Å². The Bertz CT molecular complexity index is 868. The second kappa shape index (κ2) is 9.13. The summed E-state index contributed by atoms with van der Waals surface area (Å²) in [6.45, 7) is 4.40. The van der Waals surface area contributed by atoms with Crippen molar-refractivity contribution in [3.05, 3.63) is 45.2 Å². The van der Waals surface area contributed by atoms with Gasteiger partial charge in [-0.1, -0.05) is 11.6 Å². The van der Waals surface area contributed by atoms with E-state index in [1.54, 1.807) is 12.3 Å². The van der Waals surface area contributed by atoms with Gasteiger partial charge < -0.3 is 14.7 Å². The Balaban J connectivity index is 1.43. The van der Waals surface area contributed by atoms with Crippen molar-refractivity contribution in [2.24, 2.45) is 0 Å². The maximum Gasteiger partial charge on any atom is 0.255 e. The van der Waals surface area contributed by atoms with Crippen LogP contribution in [0.1, 0.15) is 46.4 Å². The lowest BCUT2D eigenvalue weighted by Gasteiger charge is -2.27. The number of anilines is 1. The van der Waals surface area contributed by atoms with E-state index in [0.29, 0.717) is 36.0 Å². The molecule has 0 spiro atoms. The topological polar surface area (TPSA) is 56.8 Å². The molecular weight excluding hydrogens is 408 g/mol. The lowest BCUT2D eigenvalue weighted by Crippen LogP contribution is -2.36. The summed E-state index contributed by atoms with van der Waals surface area (Å²) in [7, 11) is 0. The fraction of sp³-hybridized carbons (Fsp3) is 0.476. The highest BCUT2D eigenvalue weighted by atomic mass is 35.5. The fourth-order valence-corrected chi connectivity index (χ4v) is 4.88. The Morgan fingerprint density at radius 3 is 2.34 bits per heavy atom. The SMILES string of the molecule is O=C(c1cnc(N2CCCN(C(=O)c3ccsc3)CC2)c(Cl)c1)N1CCCCC1. The number of carbonyl (C=O) groups is 2. The molecule has 0 bridgehead atoms. The van der Waals surface area contributed by atoms with Crippen LogP contribution in [0.2, 0.25) is 5.02 Å². The van der Waals surface area contributed by atoms with Gasteiger partial charge in [-0.3, -0.25) is 9.59 Å². The van der Waals surface area contributed by atoms with Crippen molar-refractivity contribution in [3.8, 4) is 0 Å². The second-order valence-electron chi connectivity index (χ2n) is 7.53. The molecule has 2 aromatic heterocycles. The molecular formula is C21H25ClN4O2S. The number of amides is 2. The Labute approximate surface area is 180 Å². The minimum atomic E-state index is 0.00838. The van der Waals surface area contributed by atoms with Gasteiger partial charge in [0.05, 0.1) is 16.1 Å². The third kappa shape index (κ3) is 4.56. The lowest BCUT2D eigenvalue weighted by molar-refractivity contribution is 0.0722. The monoisotopic (exact) mass is 432 g/mol. The molecule has 2 aliphatic heterocycles. The first kappa shape index (κ1) is 20.2. The second-order valence-corrected chi connectivity index (χ2v) is 8.71. The zero-order valence-electron chi connectivity index (χ0n) is 16.3. The minimum absolute atomic E-state index is 0.00838. The molecule has 154 valence electrons. The summed E-state index contributed by atoms with van der Waals surface area (Å²) in [5.41, 5.74) is 1.30. The summed E-state index contributed by atoms with van der Waals surface area (Å²) in [5, 5.41) is 4.31. The predicted octanol–water partition coefficient (Wildman–Crippen LogP) is 3.78. The maximum absolute atomic E-state index is 12.7. The Hall–Kier alpha value is -2.12. The molecule has 2 saturated heterocycles. The number of halogens is 1. The molecule has 2 fully saturated rings. The Kier molecular flexibility index (Phi) is 6.35. The lowest BCUT2D eigenvalue weighted by atomic mass is 10.1. The zero-order chi connectivity index (χ0) is 20.2. The molecule has 0 N–H and O–H groups in total. The van der Waals surface area contributed by atoms with Crippen molar-refractivity contribution >= 4 is 40.6 Å². The normalized spacial score (nSPS) is 17.9. The highest BCUT2D eigenvalue weighted by Crippen LogP contribution is 2.26. The highest BCUT2D eigenvalue weighted by molar-refractivity contribution is 7.08. The summed E-state index contributed by atoms with van der Waals surface area (Å²) >= 11 is 8.06. The number of carbonyl (C=O) groups excluding carboxylic acids is 2. The van der Waals surface area contributed by atoms with Crippen LogP contribution < -0.4 is 4.90 Å². The summed E-state index contributed by atoms with van der Waals surface area (Å²) in [5.74, 6) is 0.773. The standard InChI is InChI=1S/C21H25ClN4O2S/c22-18-13-17(21(28)25-6-2-1-3-7-25)14-23-19(18)24-8-4-9-26(11-10-24)20(27)16-5-12-29-15-16/h5,12-15H,1-4,6-11H2. The van der Waals surface area contributed by atoms with Gasteiger partial charge in [-0.05, 0) is 43.2 Å². The van der Waals surface area contributed by atoms with E-state index in [1.807, 2.05) is 26.6 Å². The van der Waals surface area contributed by atoms with Gasteiger partial charge >= 0.3 is 0 Å². The van der Waals surface area contributed by atoms with E-state index in [0.717, 1.165) is 44.5 Å². The summed E-state index contributed by atoms with van der Waals surface area (Å²) < 4.78 is 0. The van der Waals surface area contributed by atoms with Crippen LogP contribution in [0, 0.1) is 0 Å². The Morgan fingerprint density at radius 2 is 1.62 bits per heavy atom. The van der Waals surface area contributed by atoms with Crippen LogP contribution in [0.4, 0.5) is 5.82 Å². The van der Waals surface area contributed by atoms with Crippen LogP contribution in [0.3, 0.4) is 0 Å². The van der Waals surface area contributed by atoms with Crippen LogP contribution >= 0.6 is 22.9 Å². The van der Waals surface area contributed by atoms with E-state index >= 15 is 0 Å². The highest BCUT2D eigenvalue weighted by Gasteiger charge is 2.24. The molecule has 8 heteroatoms. The van der Waals surface area contributed by atoms with Gasteiger partial charge in [0.15, 0.2) is 0 Å². The number of hydrogen-bond acceptors (Lipinski definition) is 5. The van der Waals surface area contributed by atoms with Gasteiger partial charge in [0.25, 0.3) is 11.8 Å². The van der Waals surface area contributed by atoms with Gasteiger partial charge in [-0.25, -0.2) is 4.98 Å². The van der Waals surface area contributed by atoms with Crippen molar-refractivity contribution in [1.82, 2.24) is 14.8 Å². The Morgan fingerprint density at radius 1 is 0.897 bits per heavy atom. The summed E-state index contributed by atoms with van der Waals surface area (Å²) in [6.07, 6.45) is 5.78. The van der Waals surface area contributed by atoms with E-state index in [1.165, 1.54) is 17.8 Å². The average Bonchev–Trinajstić information content (AvgIpc) is 3.18. The number of aromatic nitrogens is 1. The maximum atomic E-state index is 12.7. The fourth-order valence-electron chi connectivity index (χ4n) is 3.96. The van der Waals surface area contributed by atoms with E-state index in [-0.39, 0.29) is 11.8 Å².